The molecule has 0 bridgehead atoms. The SMILES string of the molecule is Cc1c(Cl)nc(C(C)(C)C)nc1Cc1nccs1. The Balaban J connectivity index is 2.43. The van der Waals surface area contributed by atoms with Crippen molar-refractivity contribution in [1.82, 2.24) is 15.0 Å². The van der Waals surface area contributed by atoms with Crippen molar-refractivity contribution in [2.45, 2.75) is 39.5 Å². The highest BCUT2D eigenvalue weighted by atomic mass is 35.5. The van der Waals surface area contributed by atoms with Gasteiger partial charge in [-0.2, -0.15) is 0 Å². The van der Waals surface area contributed by atoms with Gasteiger partial charge in [0.2, 0.25) is 0 Å². The quantitative estimate of drug-likeness (QED) is 0.786. The molecule has 2 rings (SSSR count). The van der Waals surface area contributed by atoms with Crippen molar-refractivity contribution in [2.24, 2.45) is 0 Å². The van der Waals surface area contributed by atoms with E-state index in [1.807, 2.05) is 18.5 Å². The van der Waals surface area contributed by atoms with Crippen LogP contribution in [0.5, 0.6) is 0 Å². The van der Waals surface area contributed by atoms with Gasteiger partial charge in [0, 0.05) is 29.0 Å². The molecule has 0 atom stereocenters. The fourth-order valence-electron chi connectivity index (χ4n) is 1.52. The first-order valence-corrected chi connectivity index (χ1v) is 7.05. The molecule has 0 spiro atoms. The molecule has 0 aliphatic carbocycles. The third kappa shape index (κ3) is 2.87. The maximum absolute atomic E-state index is 6.20. The molecule has 0 aliphatic rings. The van der Waals surface area contributed by atoms with E-state index in [1.54, 1.807) is 11.3 Å². The van der Waals surface area contributed by atoms with Gasteiger partial charge in [0.15, 0.2) is 0 Å². The van der Waals surface area contributed by atoms with Crippen molar-refractivity contribution < 1.29 is 0 Å². The Bertz CT molecular complexity index is 544. The number of hydrogen-bond donors (Lipinski definition) is 0. The summed E-state index contributed by atoms with van der Waals surface area (Å²) in [5.41, 5.74) is 1.81. The Kier molecular flexibility index (Phi) is 3.69. The van der Waals surface area contributed by atoms with Crippen LogP contribution in [-0.4, -0.2) is 15.0 Å². The van der Waals surface area contributed by atoms with Crippen LogP contribution in [0.3, 0.4) is 0 Å². The number of aromatic nitrogens is 3. The topological polar surface area (TPSA) is 38.7 Å². The summed E-state index contributed by atoms with van der Waals surface area (Å²) in [6.07, 6.45) is 2.53. The second-order valence-corrected chi connectivity index (χ2v) is 6.60. The molecule has 0 fully saturated rings. The maximum Gasteiger partial charge on any atom is 0.135 e. The van der Waals surface area contributed by atoms with Crippen LogP contribution in [0.25, 0.3) is 0 Å². The standard InChI is InChI=1S/C13H16ClN3S/c1-8-9(7-10-15-5-6-18-10)16-12(13(2,3)4)17-11(8)14/h5-6H,7H2,1-4H3. The summed E-state index contributed by atoms with van der Waals surface area (Å²) < 4.78 is 0. The van der Waals surface area contributed by atoms with Crippen molar-refractivity contribution in [3.63, 3.8) is 0 Å². The van der Waals surface area contributed by atoms with Gasteiger partial charge >= 0.3 is 0 Å². The van der Waals surface area contributed by atoms with E-state index >= 15 is 0 Å². The maximum atomic E-state index is 6.20. The average Bonchev–Trinajstić information content (AvgIpc) is 2.75. The molecule has 0 saturated heterocycles. The minimum absolute atomic E-state index is 0.102. The minimum Gasteiger partial charge on any atom is -0.249 e. The highest BCUT2D eigenvalue weighted by Gasteiger charge is 2.20. The second kappa shape index (κ2) is 4.94. The van der Waals surface area contributed by atoms with Crippen molar-refractivity contribution in [1.29, 1.82) is 0 Å². The van der Waals surface area contributed by atoms with E-state index in [0.717, 1.165) is 28.5 Å². The number of nitrogens with zero attached hydrogens (tertiary/aromatic N) is 3. The Morgan fingerprint density at radius 3 is 2.56 bits per heavy atom. The third-order valence-electron chi connectivity index (χ3n) is 2.66. The fourth-order valence-corrected chi connectivity index (χ4v) is 2.33. The Labute approximate surface area is 116 Å². The van der Waals surface area contributed by atoms with Crippen LogP contribution < -0.4 is 0 Å². The average molecular weight is 282 g/mol. The summed E-state index contributed by atoms with van der Waals surface area (Å²) in [6.45, 7) is 8.21. The summed E-state index contributed by atoms with van der Waals surface area (Å²) in [5.74, 6) is 0.782. The first-order chi connectivity index (χ1) is 8.38. The number of rotatable bonds is 2. The highest BCUT2D eigenvalue weighted by molar-refractivity contribution is 7.09. The minimum atomic E-state index is -0.102. The Hall–Kier alpha value is -1.000. The molecule has 2 heterocycles. The number of halogens is 1. The summed E-state index contributed by atoms with van der Waals surface area (Å²) in [7, 11) is 0. The molecule has 0 unspecified atom stereocenters. The van der Waals surface area contributed by atoms with Gasteiger partial charge in [-0.05, 0) is 6.92 Å². The van der Waals surface area contributed by atoms with Crippen molar-refractivity contribution in [2.75, 3.05) is 0 Å². The van der Waals surface area contributed by atoms with Gasteiger partial charge in [-0.3, -0.25) is 0 Å². The van der Waals surface area contributed by atoms with Crippen LogP contribution in [0, 0.1) is 6.92 Å². The Morgan fingerprint density at radius 2 is 2.00 bits per heavy atom. The van der Waals surface area contributed by atoms with Gasteiger partial charge in [-0.1, -0.05) is 32.4 Å². The van der Waals surface area contributed by atoms with Crippen LogP contribution in [0.2, 0.25) is 5.15 Å². The molecule has 0 aliphatic heterocycles. The Morgan fingerprint density at radius 1 is 1.28 bits per heavy atom. The molecule has 2 aromatic heterocycles. The number of hydrogen-bond acceptors (Lipinski definition) is 4. The normalized spacial score (nSPS) is 11.8. The lowest BCUT2D eigenvalue weighted by atomic mass is 9.95. The predicted octanol–water partition coefficient (Wildman–Crippen LogP) is 3.78. The van der Waals surface area contributed by atoms with Gasteiger partial charge in [-0.25, -0.2) is 15.0 Å². The molecule has 0 saturated carbocycles. The van der Waals surface area contributed by atoms with Crippen LogP contribution in [0.4, 0.5) is 0 Å². The second-order valence-electron chi connectivity index (χ2n) is 5.26. The molecule has 96 valence electrons. The van der Waals surface area contributed by atoms with Gasteiger partial charge in [0.25, 0.3) is 0 Å². The van der Waals surface area contributed by atoms with Crippen LogP contribution in [0.1, 0.15) is 42.9 Å². The summed E-state index contributed by atoms with van der Waals surface area (Å²) in [6, 6.07) is 0. The third-order valence-corrected chi connectivity index (χ3v) is 3.81. The van der Waals surface area contributed by atoms with Gasteiger partial charge in [0.1, 0.15) is 11.0 Å². The lowest BCUT2D eigenvalue weighted by Crippen LogP contribution is -2.18. The van der Waals surface area contributed by atoms with Gasteiger partial charge in [0.05, 0.1) is 10.7 Å². The number of thiazole rings is 1. The van der Waals surface area contributed by atoms with Crippen molar-refractivity contribution in [3.05, 3.63) is 38.8 Å². The molecule has 2 aromatic rings. The zero-order valence-corrected chi connectivity index (χ0v) is 12.6. The van der Waals surface area contributed by atoms with Crippen LogP contribution in [-0.2, 0) is 11.8 Å². The molecular weight excluding hydrogens is 266 g/mol. The molecular formula is C13H16ClN3S. The monoisotopic (exact) mass is 281 g/mol. The lowest BCUT2D eigenvalue weighted by molar-refractivity contribution is 0.541. The zero-order valence-electron chi connectivity index (χ0n) is 11.0. The molecule has 0 amide bonds. The van der Waals surface area contributed by atoms with E-state index in [1.165, 1.54) is 0 Å². The lowest BCUT2D eigenvalue weighted by Gasteiger charge is -2.18. The first kappa shape index (κ1) is 13.4. The van der Waals surface area contributed by atoms with Gasteiger partial charge < -0.3 is 0 Å². The van der Waals surface area contributed by atoms with E-state index in [-0.39, 0.29) is 5.41 Å². The zero-order chi connectivity index (χ0) is 13.3. The van der Waals surface area contributed by atoms with E-state index in [9.17, 15) is 0 Å². The molecule has 0 radical (unpaired) electrons. The first-order valence-electron chi connectivity index (χ1n) is 5.80. The summed E-state index contributed by atoms with van der Waals surface area (Å²) in [5, 5.41) is 3.56. The molecule has 18 heavy (non-hydrogen) atoms. The molecule has 0 N–H and O–H groups in total. The molecule has 5 heteroatoms. The van der Waals surface area contributed by atoms with Gasteiger partial charge in [-0.15, -0.1) is 11.3 Å². The summed E-state index contributed by atoms with van der Waals surface area (Å²) >= 11 is 7.83. The van der Waals surface area contributed by atoms with Crippen molar-refractivity contribution in [3.8, 4) is 0 Å². The predicted molar refractivity (Wildman–Crippen MR) is 75.4 cm³/mol. The van der Waals surface area contributed by atoms with Crippen molar-refractivity contribution >= 4 is 22.9 Å². The fraction of sp³-hybridized carbons (Fsp3) is 0.462. The molecule has 0 aromatic carbocycles. The summed E-state index contributed by atoms with van der Waals surface area (Å²) in [4.78, 5) is 13.3. The largest absolute Gasteiger partial charge is 0.249 e. The van der Waals surface area contributed by atoms with E-state index in [2.05, 4.69) is 35.7 Å². The molecule has 3 nitrogen and oxygen atoms in total. The van der Waals surface area contributed by atoms with Crippen LogP contribution in [0.15, 0.2) is 11.6 Å². The van der Waals surface area contributed by atoms with E-state index in [4.69, 9.17) is 11.6 Å². The highest BCUT2D eigenvalue weighted by Crippen LogP contribution is 2.25. The van der Waals surface area contributed by atoms with E-state index < -0.39 is 0 Å². The van der Waals surface area contributed by atoms with E-state index in [0.29, 0.717) is 5.15 Å². The smallest absolute Gasteiger partial charge is 0.135 e. The van der Waals surface area contributed by atoms with Crippen LogP contribution >= 0.6 is 22.9 Å².